The van der Waals surface area contributed by atoms with Gasteiger partial charge in [-0.3, -0.25) is 4.90 Å². The Labute approximate surface area is 102 Å². The number of piperazine rings is 1. The molecule has 0 atom stereocenters. The molecule has 5 heteroatoms. The summed E-state index contributed by atoms with van der Waals surface area (Å²) in [4.78, 5) is 11.1. The van der Waals surface area contributed by atoms with E-state index in [1.54, 1.807) is 0 Å². The zero-order valence-corrected chi connectivity index (χ0v) is 10.6. The van der Waals surface area contributed by atoms with Crippen LogP contribution in [0.15, 0.2) is 6.07 Å². The second-order valence-corrected chi connectivity index (χ2v) is 4.20. The lowest BCUT2D eigenvalue weighted by Crippen LogP contribution is -2.43. The van der Waals surface area contributed by atoms with Crippen molar-refractivity contribution in [3.05, 3.63) is 17.6 Å². The fraction of sp³-hybridized carbons (Fsp3) is 0.667. The van der Waals surface area contributed by atoms with Gasteiger partial charge in [0.1, 0.15) is 5.82 Å². The first kappa shape index (κ1) is 12.3. The van der Waals surface area contributed by atoms with Gasteiger partial charge in [-0.05, 0) is 13.8 Å². The van der Waals surface area contributed by atoms with Gasteiger partial charge in [0.25, 0.3) is 0 Å². The van der Waals surface area contributed by atoms with Crippen LogP contribution in [0.1, 0.15) is 18.4 Å². The first-order chi connectivity index (χ1) is 8.28. The van der Waals surface area contributed by atoms with Crippen LogP contribution in [0.4, 0.5) is 0 Å². The molecule has 1 aromatic heterocycles. The Morgan fingerprint density at radius 3 is 2.82 bits per heavy atom. The van der Waals surface area contributed by atoms with Crippen LogP contribution in [0.5, 0.6) is 5.88 Å². The van der Waals surface area contributed by atoms with Gasteiger partial charge in [-0.15, -0.1) is 0 Å². The van der Waals surface area contributed by atoms with Gasteiger partial charge in [-0.1, -0.05) is 0 Å². The number of aryl methyl sites for hydroxylation is 1. The van der Waals surface area contributed by atoms with Crippen LogP contribution < -0.4 is 10.1 Å². The molecule has 0 bridgehead atoms. The number of nitrogens with zero attached hydrogens (tertiary/aromatic N) is 3. The lowest BCUT2D eigenvalue weighted by atomic mass is 10.3. The van der Waals surface area contributed by atoms with E-state index in [4.69, 9.17) is 4.74 Å². The summed E-state index contributed by atoms with van der Waals surface area (Å²) in [5.41, 5.74) is 1.04. The summed E-state index contributed by atoms with van der Waals surface area (Å²) < 4.78 is 5.43. The minimum Gasteiger partial charge on any atom is -0.478 e. The van der Waals surface area contributed by atoms with Gasteiger partial charge < -0.3 is 10.1 Å². The van der Waals surface area contributed by atoms with Crippen LogP contribution in [-0.4, -0.2) is 47.7 Å². The number of nitrogens with one attached hydrogen (secondary N) is 1. The topological polar surface area (TPSA) is 50.3 Å². The van der Waals surface area contributed by atoms with Gasteiger partial charge in [-0.25, -0.2) is 4.98 Å². The Morgan fingerprint density at radius 2 is 2.12 bits per heavy atom. The van der Waals surface area contributed by atoms with Gasteiger partial charge in [0.2, 0.25) is 5.88 Å². The van der Waals surface area contributed by atoms with E-state index in [9.17, 15) is 0 Å². The van der Waals surface area contributed by atoms with Crippen molar-refractivity contribution < 1.29 is 4.74 Å². The molecule has 5 nitrogen and oxygen atoms in total. The van der Waals surface area contributed by atoms with Crippen molar-refractivity contribution in [3.63, 3.8) is 0 Å². The third-order valence-electron chi connectivity index (χ3n) is 2.75. The van der Waals surface area contributed by atoms with Crippen LogP contribution in [0.3, 0.4) is 0 Å². The highest BCUT2D eigenvalue weighted by Gasteiger charge is 2.11. The van der Waals surface area contributed by atoms with E-state index in [1.807, 2.05) is 19.9 Å². The summed E-state index contributed by atoms with van der Waals surface area (Å²) in [7, 11) is 0. The molecule has 1 aliphatic heterocycles. The monoisotopic (exact) mass is 236 g/mol. The highest BCUT2D eigenvalue weighted by Crippen LogP contribution is 2.11. The minimum atomic E-state index is 0.642. The normalized spacial score (nSPS) is 17.1. The van der Waals surface area contributed by atoms with Crippen molar-refractivity contribution in [2.75, 3.05) is 32.8 Å². The summed E-state index contributed by atoms with van der Waals surface area (Å²) in [6.07, 6.45) is 0. The molecular weight excluding hydrogens is 216 g/mol. The van der Waals surface area contributed by atoms with Crippen LogP contribution in [0.2, 0.25) is 0 Å². The van der Waals surface area contributed by atoms with E-state index < -0.39 is 0 Å². The predicted molar refractivity (Wildman–Crippen MR) is 66.1 cm³/mol. The van der Waals surface area contributed by atoms with Crippen molar-refractivity contribution in [1.82, 2.24) is 20.2 Å². The lowest BCUT2D eigenvalue weighted by Gasteiger charge is -2.26. The third kappa shape index (κ3) is 3.64. The third-order valence-corrected chi connectivity index (χ3v) is 2.75. The van der Waals surface area contributed by atoms with Crippen molar-refractivity contribution in [2.24, 2.45) is 0 Å². The predicted octanol–water partition coefficient (Wildman–Crippen LogP) is 0.589. The van der Waals surface area contributed by atoms with Crippen LogP contribution in [0.25, 0.3) is 0 Å². The molecule has 94 valence electrons. The quantitative estimate of drug-likeness (QED) is 0.829. The number of hydrogen-bond donors (Lipinski definition) is 1. The fourth-order valence-electron chi connectivity index (χ4n) is 2.00. The van der Waals surface area contributed by atoms with E-state index in [1.165, 1.54) is 0 Å². The molecule has 1 aliphatic rings. The molecule has 17 heavy (non-hydrogen) atoms. The molecule has 1 aromatic rings. The molecule has 2 heterocycles. The molecule has 0 saturated carbocycles. The van der Waals surface area contributed by atoms with Gasteiger partial charge in [-0.2, -0.15) is 4.98 Å². The number of ether oxygens (including phenoxy) is 1. The van der Waals surface area contributed by atoms with E-state index in [0.29, 0.717) is 12.5 Å². The van der Waals surface area contributed by atoms with Gasteiger partial charge in [0.15, 0.2) is 0 Å². The smallest absolute Gasteiger partial charge is 0.216 e. The van der Waals surface area contributed by atoms with Gasteiger partial charge in [0, 0.05) is 38.8 Å². The van der Waals surface area contributed by atoms with E-state index in [2.05, 4.69) is 20.2 Å². The fourth-order valence-corrected chi connectivity index (χ4v) is 2.00. The minimum absolute atomic E-state index is 0.642. The summed E-state index contributed by atoms with van der Waals surface area (Å²) in [5, 5.41) is 3.34. The van der Waals surface area contributed by atoms with Crippen LogP contribution in [0, 0.1) is 6.92 Å². The summed E-state index contributed by atoms with van der Waals surface area (Å²) in [6, 6.07) is 1.94. The first-order valence-corrected chi connectivity index (χ1v) is 6.18. The average molecular weight is 236 g/mol. The van der Waals surface area contributed by atoms with Crippen molar-refractivity contribution in [1.29, 1.82) is 0 Å². The van der Waals surface area contributed by atoms with Gasteiger partial charge in [0.05, 0.1) is 12.3 Å². The van der Waals surface area contributed by atoms with Gasteiger partial charge >= 0.3 is 0 Å². The van der Waals surface area contributed by atoms with Crippen molar-refractivity contribution >= 4 is 0 Å². The molecule has 0 amide bonds. The SMILES string of the molecule is CCOc1cc(CN2CCNCC2)nc(C)n1. The highest BCUT2D eigenvalue weighted by molar-refractivity contribution is 5.16. The second-order valence-electron chi connectivity index (χ2n) is 4.20. The molecule has 0 unspecified atom stereocenters. The highest BCUT2D eigenvalue weighted by atomic mass is 16.5. The summed E-state index contributed by atoms with van der Waals surface area (Å²) >= 11 is 0. The molecule has 1 N–H and O–H groups in total. The maximum absolute atomic E-state index is 5.43. The Hall–Kier alpha value is -1.20. The largest absolute Gasteiger partial charge is 0.478 e. The zero-order valence-electron chi connectivity index (χ0n) is 10.6. The first-order valence-electron chi connectivity index (χ1n) is 6.18. The molecule has 0 spiro atoms. The standard InChI is InChI=1S/C12H20N4O/c1-3-17-12-8-11(14-10(2)15-12)9-16-6-4-13-5-7-16/h8,13H,3-7,9H2,1-2H3. The Morgan fingerprint density at radius 1 is 1.35 bits per heavy atom. The molecule has 0 radical (unpaired) electrons. The molecule has 1 saturated heterocycles. The number of rotatable bonds is 4. The van der Waals surface area contributed by atoms with E-state index >= 15 is 0 Å². The zero-order chi connectivity index (χ0) is 12.1. The Bertz CT molecular complexity index is 364. The average Bonchev–Trinajstić information content (AvgIpc) is 2.30. The number of hydrogen-bond acceptors (Lipinski definition) is 5. The summed E-state index contributed by atoms with van der Waals surface area (Å²) in [5.74, 6) is 1.46. The Kier molecular flexibility index (Phi) is 4.28. The second kappa shape index (κ2) is 5.93. The number of aromatic nitrogens is 2. The van der Waals surface area contributed by atoms with E-state index in [0.717, 1.165) is 44.2 Å². The van der Waals surface area contributed by atoms with Crippen molar-refractivity contribution in [2.45, 2.75) is 20.4 Å². The van der Waals surface area contributed by atoms with E-state index in [-0.39, 0.29) is 0 Å². The summed E-state index contributed by atoms with van der Waals surface area (Å²) in [6.45, 7) is 9.66. The van der Waals surface area contributed by atoms with Crippen molar-refractivity contribution in [3.8, 4) is 5.88 Å². The molecular formula is C12H20N4O. The molecule has 0 aliphatic carbocycles. The molecule has 2 rings (SSSR count). The van der Waals surface area contributed by atoms with Crippen LogP contribution >= 0.6 is 0 Å². The Balaban J connectivity index is 2.03. The molecule has 0 aromatic carbocycles. The molecule has 1 fully saturated rings. The van der Waals surface area contributed by atoms with Crippen LogP contribution in [-0.2, 0) is 6.54 Å². The maximum atomic E-state index is 5.43. The maximum Gasteiger partial charge on any atom is 0.216 e. The lowest BCUT2D eigenvalue weighted by molar-refractivity contribution is 0.229.